The molecule has 1 aromatic carbocycles. The molecule has 0 fully saturated rings. The average Bonchev–Trinajstić information content (AvgIpc) is 2.25. The van der Waals surface area contributed by atoms with Crippen molar-refractivity contribution in [3.63, 3.8) is 0 Å². The molecule has 0 aromatic heterocycles. The maximum Gasteiger partial charge on any atom is 0.0764 e. The Balaban J connectivity index is 2.89. The Kier molecular flexibility index (Phi) is 4.97. The van der Waals surface area contributed by atoms with Crippen LogP contribution in [0.25, 0.3) is 0 Å². The first-order chi connectivity index (χ1) is 7.60. The highest BCUT2D eigenvalue weighted by molar-refractivity contribution is 5.33. The molecule has 0 spiro atoms. The predicted octanol–water partition coefficient (Wildman–Crippen LogP) is 3.12. The van der Waals surface area contributed by atoms with Crippen molar-refractivity contribution in [3.05, 3.63) is 34.9 Å². The summed E-state index contributed by atoms with van der Waals surface area (Å²) >= 11 is 0. The number of aryl methyl sites for hydroxylation is 2. The Morgan fingerprint density at radius 2 is 1.94 bits per heavy atom. The first-order valence-corrected chi connectivity index (χ1v) is 6.04. The van der Waals surface area contributed by atoms with Gasteiger partial charge >= 0.3 is 0 Å². The van der Waals surface area contributed by atoms with Gasteiger partial charge in [-0.1, -0.05) is 30.7 Å². The summed E-state index contributed by atoms with van der Waals surface area (Å²) in [4.78, 5) is 0. The quantitative estimate of drug-likeness (QED) is 0.829. The molecule has 2 nitrogen and oxygen atoms in total. The topological polar surface area (TPSA) is 35.2 Å². The Hall–Kier alpha value is -0.860. The first kappa shape index (κ1) is 13.2. The average molecular weight is 221 g/mol. The molecular formula is C14H23NO. The van der Waals surface area contributed by atoms with Gasteiger partial charge in [-0.25, -0.2) is 0 Å². The van der Waals surface area contributed by atoms with E-state index < -0.39 is 0 Å². The van der Waals surface area contributed by atoms with Crippen molar-refractivity contribution in [3.8, 4) is 0 Å². The number of hydrogen-bond acceptors (Lipinski definition) is 2. The van der Waals surface area contributed by atoms with Crippen LogP contribution < -0.4 is 5.73 Å². The lowest BCUT2D eigenvalue weighted by Crippen LogP contribution is -2.29. The highest BCUT2D eigenvalue weighted by atomic mass is 16.5. The minimum Gasteiger partial charge on any atom is -0.377 e. The normalized spacial score (nSPS) is 14.8. The highest BCUT2D eigenvalue weighted by Crippen LogP contribution is 2.23. The van der Waals surface area contributed by atoms with Crippen molar-refractivity contribution < 1.29 is 4.74 Å². The van der Waals surface area contributed by atoms with Crippen molar-refractivity contribution in [2.75, 3.05) is 6.61 Å². The van der Waals surface area contributed by atoms with E-state index in [1.807, 2.05) is 6.92 Å². The summed E-state index contributed by atoms with van der Waals surface area (Å²) in [6, 6.07) is 6.39. The highest BCUT2D eigenvalue weighted by Gasteiger charge is 2.19. The largest absolute Gasteiger partial charge is 0.377 e. The number of benzene rings is 1. The molecule has 90 valence electrons. The molecule has 0 radical (unpaired) electrons. The van der Waals surface area contributed by atoms with Crippen LogP contribution in [-0.4, -0.2) is 12.7 Å². The van der Waals surface area contributed by atoms with Crippen LogP contribution in [-0.2, 0) is 4.74 Å². The fourth-order valence-electron chi connectivity index (χ4n) is 2.09. The first-order valence-electron chi connectivity index (χ1n) is 6.04. The van der Waals surface area contributed by atoms with Gasteiger partial charge < -0.3 is 10.5 Å². The van der Waals surface area contributed by atoms with E-state index in [-0.39, 0.29) is 12.1 Å². The van der Waals surface area contributed by atoms with Crippen LogP contribution in [0.2, 0.25) is 0 Å². The van der Waals surface area contributed by atoms with E-state index in [1.54, 1.807) is 0 Å². The molecule has 16 heavy (non-hydrogen) atoms. The molecule has 1 aromatic rings. The summed E-state index contributed by atoms with van der Waals surface area (Å²) in [6.07, 6.45) is 1.06. The molecule has 0 aliphatic carbocycles. The molecule has 0 saturated carbocycles. The van der Waals surface area contributed by atoms with E-state index in [1.165, 1.54) is 16.7 Å². The second-order valence-electron chi connectivity index (χ2n) is 4.29. The molecule has 2 N–H and O–H groups in total. The molecular weight excluding hydrogens is 198 g/mol. The van der Waals surface area contributed by atoms with Gasteiger partial charge in [0, 0.05) is 6.61 Å². The van der Waals surface area contributed by atoms with Crippen molar-refractivity contribution in [2.24, 2.45) is 5.73 Å². The van der Waals surface area contributed by atoms with Crippen LogP contribution in [0.3, 0.4) is 0 Å². The minimum absolute atomic E-state index is 0.0226. The molecule has 0 aliphatic rings. The second-order valence-corrected chi connectivity index (χ2v) is 4.29. The summed E-state index contributed by atoms with van der Waals surface area (Å²) in [7, 11) is 0. The second kappa shape index (κ2) is 6.02. The Morgan fingerprint density at radius 1 is 1.25 bits per heavy atom. The lowest BCUT2D eigenvalue weighted by Gasteiger charge is -2.24. The zero-order valence-electron chi connectivity index (χ0n) is 10.8. The van der Waals surface area contributed by atoms with E-state index in [0.29, 0.717) is 0 Å². The van der Waals surface area contributed by atoms with E-state index in [0.717, 1.165) is 13.0 Å². The van der Waals surface area contributed by atoms with Crippen LogP contribution >= 0.6 is 0 Å². The Morgan fingerprint density at radius 3 is 2.44 bits per heavy atom. The standard InChI is InChI=1S/C14H23NO/c1-5-13(16-6-2)14(15)12-8-7-10(3)9-11(12)4/h7-9,13-14H,5-6,15H2,1-4H3. The summed E-state index contributed by atoms with van der Waals surface area (Å²) in [5.41, 5.74) is 9.99. The van der Waals surface area contributed by atoms with Crippen molar-refractivity contribution in [1.82, 2.24) is 0 Å². The van der Waals surface area contributed by atoms with Gasteiger partial charge in [-0.05, 0) is 38.3 Å². The van der Waals surface area contributed by atoms with Crippen molar-refractivity contribution in [1.29, 1.82) is 0 Å². The van der Waals surface area contributed by atoms with Crippen LogP contribution in [0, 0.1) is 13.8 Å². The van der Waals surface area contributed by atoms with Gasteiger partial charge in [0.1, 0.15) is 0 Å². The summed E-state index contributed by atoms with van der Waals surface area (Å²) in [5.74, 6) is 0. The molecule has 0 bridgehead atoms. The third-order valence-corrected chi connectivity index (χ3v) is 2.97. The zero-order chi connectivity index (χ0) is 12.1. The van der Waals surface area contributed by atoms with Gasteiger partial charge in [0.05, 0.1) is 12.1 Å². The lowest BCUT2D eigenvalue weighted by molar-refractivity contribution is 0.0412. The molecule has 2 atom stereocenters. The van der Waals surface area contributed by atoms with Gasteiger partial charge in [0.15, 0.2) is 0 Å². The fourth-order valence-corrected chi connectivity index (χ4v) is 2.09. The van der Waals surface area contributed by atoms with Crippen LogP contribution in [0.5, 0.6) is 0 Å². The monoisotopic (exact) mass is 221 g/mol. The molecule has 0 amide bonds. The lowest BCUT2D eigenvalue weighted by atomic mass is 9.95. The molecule has 2 unspecified atom stereocenters. The SMILES string of the molecule is CCOC(CC)C(N)c1ccc(C)cc1C. The molecule has 2 heteroatoms. The van der Waals surface area contributed by atoms with Crippen molar-refractivity contribution in [2.45, 2.75) is 46.3 Å². The van der Waals surface area contributed by atoms with Gasteiger partial charge in [-0.3, -0.25) is 0 Å². The van der Waals surface area contributed by atoms with Crippen molar-refractivity contribution >= 4 is 0 Å². The van der Waals surface area contributed by atoms with Gasteiger partial charge in [-0.15, -0.1) is 0 Å². The Labute approximate surface area is 98.8 Å². The molecule has 0 heterocycles. The third kappa shape index (κ3) is 3.06. The summed E-state index contributed by atoms with van der Waals surface area (Å²) < 4.78 is 5.67. The van der Waals surface area contributed by atoms with Crippen LogP contribution in [0.15, 0.2) is 18.2 Å². The van der Waals surface area contributed by atoms with Gasteiger partial charge in [-0.2, -0.15) is 0 Å². The Bertz CT molecular complexity index is 336. The molecule has 1 rings (SSSR count). The number of hydrogen-bond donors (Lipinski definition) is 1. The summed E-state index contributed by atoms with van der Waals surface area (Å²) in [6.45, 7) is 9.06. The smallest absolute Gasteiger partial charge is 0.0764 e. The van der Waals surface area contributed by atoms with Crippen LogP contribution in [0.4, 0.5) is 0 Å². The summed E-state index contributed by atoms with van der Waals surface area (Å²) in [5, 5.41) is 0. The predicted molar refractivity (Wildman–Crippen MR) is 68.5 cm³/mol. The van der Waals surface area contributed by atoms with E-state index >= 15 is 0 Å². The number of nitrogens with two attached hydrogens (primary N) is 1. The van der Waals surface area contributed by atoms with Gasteiger partial charge in [0.2, 0.25) is 0 Å². The fraction of sp³-hybridized carbons (Fsp3) is 0.571. The number of rotatable bonds is 5. The van der Waals surface area contributed by atoms with Gasteiger partial charge in [0.25, 0.3) is 0 Å². The number of ether oxygens (including phenoxy) is 1. The van der Waals surface area contributed by atoms with E-state index in [9.17, 15) is 0 Å². The van der Waals surface area contributed by atoms with E-state index in [4.69, 9.17) is 10.5 Å². The molecule has 0 saturated heterocycles. The zero-order valence-corrected chi connectivity index (χ0v) is 10.8. The third-order valence-electron chi connectivity index (χ3n) is 2.97. The maximum absolute atomic E-state index is 6.26. The van der Waals surface area contributed by atoms with E-state index in [2.05, 4.69) is 39.0 Å². The minimum atomic E-state index is -0.0226. The van der Waals surface area contributed by atoms with Crippen LogP contribution in [0.1, 0.15) is 43.0 Å². The maximum atomic E-state index is 6.26. The molecule has 0 aliphatic heterocycles.